The average Bonchev–Trinajstić information content (AvgIpc) is 1.87. The zero-order valence-electron chi connectivity index (χ0n) is 5.90. The zero-order valence-corrected chi connectivity index (χ0v) is 5.90. The molecule has 0 saturated carbocycles. The van der Waals surface area contributed by atoms with E-state index in [1.807, 2.05) is 0 Å². The fraction of sp³-hybridized carbons (Fsp3) is 0.833. The van der Waals surface area contributed by atoms with Gasteiger partial charge in [0.1, 0.15) is 6.29 Å². The molecule has 0 aromatic rings. The summed E-state index contributed by atoms with van der Waals surface area (Å²) < 4.78 is 0. The van der Waals surface area contributed by atoms with Gasteiger partial charge in [-0.25, -0.2) is 0 Å². The van der Waals surface area contributed by atoms with Gasteiger partial charge in [0.05, 0.1) is 12.2 Å². The molecule has 3 atom stereocenters. The van der Waals surface area contributed by atoms with E-state index in [1.165, 1.54) is 6.92 Å². The first kappa shape index (κ1) is 9.55. The lowest BCUT2D eigenvalue weighted by atomic mass is 10.1. The van der Waals surface area contributed by atoms with Crippen molar-refractivity contribution in [3.05, 3.63) is 0 Å². The molecule has 0 aromatic carbocycles. The van der Waals surface area contributed by atoms with Gasteiger partial charge >= 0.3 is 0 Å². The summed E-state index contributed by atoms with van der Waals surface area (Å²) in [7, 11) is 0. The zero-order chi connectivity index (χ0) is 8.15. The lowest BCUT2D eigenvalue weighted by Gasteiger charge is -2.18. The minimum Gasteiger partial charge on any atom is -0.391 e. The molecule has 4 N–H and O–H groups in total. The van der Waals surface area contributed by atoms with Gasteiger partial charge in [0.15, 0.2) is 0 Å². The highest BCUT2D eigenvalue weighted by Crippen LogP contribution is 1.98. The Kier molecular flexibility index (Phi) is 4.18. The molecule has 0 bridgehead atoms. The molecule has 0 aliphatic rings. The number of aldehydes is 1. The number of aliphatic hydroxyl groups excluding tert-OH is 2. The normalized spacial score (nSPS) is 19.6. The van der Waals surface area contributed by atoms with Gasteiger partial charge in [-0.15, -0.1) is 0 Å². The van der Waals surface area contributed by atoms with Crippen LogP contribution >= 0.6 is 0 Å². The van der Waals surface area contributed by atoms with Crippen LogP contribution in [0.3, 0.4) is 0 Å². The summed E-state index contributed by atoms with van der Waals surface area (Å²) in [6, 6.07) is -0.655. The maximum Gasteiger partial charge on any atom is 0.121 e. The fourth-order valence-electron chi connectivity index (χ4n) is 0.608. The maximum atomic E-state index is 9.87. The lowest BCUT2D eigenvalue weighted by Crippen LogP contribution is -2.41. The number of carbonyl (C=O) groups is 1. The average molecular weight is 147 g/mol. The molecule has 10 heavy (non-hydrogen) atoms. The quantitative estimate of drug-likeness (QED) is 0.429. The van der Waals surface area contributed by atoms with Crippen molar-refractivity contribution >= 4 is 6.29 Å². The Bertz CT molecular complexity index is 105. The molecule has 4 heteroatoms. The Labute approximate surface area is 59.7 Å². The van der Waals surface area contributed by atoms with Gasteiger partial charge in [-0.1, -0.05) is 0 Å². The number of carbonyl (C=O) groups excluding carboxylic acids is 1. The number of nitrogens with two attached hydrogens (primary N) is 1. The van der Waals surface area contributed by atoms with Gasteiger partial charge in [0, 0.05) is 12.5 Å². The third kappa shape index (κ3) is 2.91. The summed E-state index contributed by atoms with van der Waals surface area (Å²) in [6.45, 7) is 1.43. The molecule has 0 aromatic heterocycles. The van der Waals surface area contributed by atoms with Gasteiger partial charge < -0.3 is 20.7 Å². The van der Waals surface area contributed by atoms with Crippen molar-refractivity contribution in [1.82, 2.24) is 0 Å². The Balaban J connectivity index is 3.68. The van der Waals surface area contributed by atoms with Crippen LogP contribution in [0.2, 0.25) is 0 Å². The Morgan fingerprint density at radius 3 is 2.40 bits per heavy atom. The molecule has 0 saturated heterocycles. The summed E-state index contributed by atoms with van der Waals surface area (Å²) >= 11 is 0. The number of aliphatic hydroxyl groups is 2. The molecule has 0 fully saturated rings. The SMILES string of the molecule is C[C@H](O)[C@H](O)[C@H](N)CC=O. The summed E-state index contributed by atoms with van der Waals surface area (Å²) in [5.41, 5.74) is 5.29. The molecule has 0 radical (unpaired) electrons. The summed E-state index contributed by atoms with van der Waals surface area (Å²) in [5.74, 6) is 0. The van der Waals surface area contributed by atoms with Gasteiger partial charge in [0.25, 0.3) is 0 Å². The van der Waals surface area contributed by atoms with Crippen LogP contribution in [-0.4, -0.2) is 34.7 Å². The van der Waals surface area contributed by atoms with E-state index < -0.39 is 18.2 Å². The van der Waals surface area contributed by atoms with E-state index in [0.29, 0.717) is 6.29 Å². The van der Waals surface area contributed by atoms with Gasteiger partial charge in [-0.05, 0) is 6.92 Å². The van der Waals surface area contributed by atoms with E-state index in [9.17, 15) is 4.79 Å². The van der Waals surface area contributed by atoms with E-state index in [2.05, 4.69) is 0 Å². The van der Waals surface area contributed by atoms with E-state index >= 15 is 0 Å². The smallest absolute Gasteiger partial charge is 0.121 e. The van der Waals surface area contributed by atoms with Crippen LogP contribution in [0.1, 0.15) is 13.3 Å². The van der Waals surface area contributed by atoms with Crippen LogP contribution in [-0.2, 0) is 4.79 Å². The number of rotatable bonds is 4. The molecule has 0 aliphatic carbocycles. The van der Waals surface area contributed by atoms with Crippen molar-refractivity contribution in [2.45, 2.75) is 31.6 Å². The summed E-state index contributed by atoms with van der Waals surface area (Å²) in [5, 5.41) is 17.8. The topological polar surface area (TPSA) is 83.6 Å². The minimum atomic E-state index is -1.01. The fourth-order valence-corrected chi connectivity index (χ4v) is 0.608. The van der Waals surface area contributed by atoms with Crippen LogP contribution in [0.15, 0.2) is 0 Å². The molecule has 0 rings (SSSR count). The van der Waals surface area contributed by atoms with E-state index in [0.717, 1.165) is 0 Å². The Morgan fingerprint density at radius 1 is 1.60 bits per heavy atom. The minimum absolute atomic E-state index is 0.0755. The molecule has 0 aliphatic heterocycles. The van der Waals surface area contributed by atoms with E-state index in [-0.39, 0.29) is 6.42 Å². The monoisotopic (exact) mass is 147 g/mol. The van der Waals surface area contributed by atoms with Crippen LogP contribution < -0.4 is 5.73 Å². The van der Waals surface area contributed by atoms with Gasteiger partial charge in [-0.3, -0.25) is 0 Å². The second-order valence-corrected chi connectivity index (χ2v) is 2.30. The third-order valence-electron chi connectivity index (χ3n) is 1.30. The highest BCUT2D eigenvalue weighted by Gasteiger charge is 2.18. The lowest BCUT2D eigenvalue weighted by molar-refractivity contribution is -0.109. The predicted octanol–water partition coefficient (Wildman–Crippen LogP) is -1.36. The maximum absolute atomic E-state index is 9.87. The van der Waals surface area contributed by atoms with E-state index in [1.54, 1.807) is 0 Å². The summed E-state index contributed by atoms with van der Waals surface area (Å²) in [6.07, 6.45) is -1.19. The second-order valence-electron chi connectivity index (χ2n) is 2.30. The van der Waals surface area contributed by atoms with Gasteiger partial charge in [-0.2, -0.15) is 0 Å². The van der Waals surface area contributed by atoms with Crippen molar-refractivity contribution in [2.24, 2.45) is 5.73 Å². The first-order valence-corrected chi connectivity index (χ1v) is 3.15. The molecule has 0 spiro atoms. The third-order valence-corrected chi connectivity index (χ3v) is 1.30. The Hall–Kier alpha value is -0.450. The van der Waals surface area contributed by atoms with Crippen LogP contribution in [0.25, 0.3) is 0 Å². The Morgan fingerprint density at radius 2 is 2.10 bits per heavy atom. The molecule has 0 amide bonds. The first-order chi connectivity index (χ1) is 4.59. The molecule has 0 heterocycles. The molecule has 4 nitrogen and oxygen atoms in total. The standard InChI is InChI=1S/C6H13NO3/c1-4(9)6(10)5(7)2-3-8/h3-6,9-10H,2,7H2,1H3/t4-,5+,6-/m0/s1. The van der Waals surface area contributed by atoms with Crippen LogP contribution in [0.4, 0.5) is 0 Å². The van der Waals surface area contributed by atoms with Crippen LogP contribution in [0.5, 0.6) is 0 Å². The van der Waals surface area contributed by atoms with Crippen molar-refractivity contribution in [2.75, 3.05) is 0 Å². The van der Waals surface area contributed by atoms with Crippen LogP contribution in [0, 0.1) is 0 Å². The molecular weight excluding hydrogens is 134 g/mol. The highest BCUT2D eigenvalue weighted by molar-refractivity contribution is 5.50. The van der Waals surface area contributed by atoms with Crippen molar-refractivity contribution in [3.63, 3.8) is 0 Å². The van der Waals surface area contributed by atoms with Crippen molar-refractivity contribution in [1.29, 1.82) is 0 Å². The number of hydrogen-bond acceptors (Lipinski definition) is 4. The largest absolute Gasteiger partial charge is 0.391 e. The molecule has 60 valence electrons. The summed E-state index contributed by atoms with van der Waals surface area (Å²) in [4.78, 5) is 9.87. The number of hydrogen-bond donors (Lipinski definition) is 3. The molecular formula is C6H13NO3. The first-order valence-electron chi connectivity index (χ1n) is 3.15. The van der Waals surface area contributed by atoms with Gasteiger partial charge in [0.2, 0.25) is 0 Å². The van der Waals surface area contributed by atoms with Crippen molar-refractivity contribution in [3.8, 4) is 0 Å². The highest BCUT2D eigenvalue weighted by atomic mass is 16.3. The van der Waals surface area contributed by atoms with Crippen molar-refractivity contribution < 1.29 is 15.0 Å². The van der Waals surface area contributed by atoms with E-state index in [4.69, 9.17) is 15.9 Å². The predicted molar refractivity (Wildman–Crippen MR) is 36.3 cm³/mol. The molecule has 0 unspecified atom stereocenters. The second kappa shape index (κ2) is 4.38.